The maximum atomic E-state index is 13.4. The van der Waals surface area contributed by atoms with Crippen LogP contribution in [0.2, 0.25) is 0 Å². The fraction of sp³-hybridized carbons (Fsp3) is 0.615. The number of aromatic nitrogens is 1. The minimum Gasteiger partial charge on any atom is -0.379 e. The molecule has 1 amide bonds. The molecule has 2 aliphatic heterocycles. The molecule has 2 aromatic rings. The molecule has 0 spiro atoms. The Labute approximate surface area is 197 Å². The Morgan fingerprint density at radius 1 is 1.24 bits per heavy atom. The third-order valence-corrected chi connectivity index (χ3v) is 6.95. The Hall–Kier alpha value is -2.22. The van der Waals surface area contributed by atoms with Crippen LogP contribution >= 0.6 is 0 Å². The lowest BCUT2D eigenvalue weighted by molar-refractivity contribution is -0.201. The second-order valence-electron chi connectivity index (χ2n) is 9.10. The van der Waals surface area contributed by atoms with Gasteiger partial charge in [-0.1, -0.05) is 32.5 Å². The molecule has 7 nitrogen and oxygen atoms in total. The normalized spacial score (nSPS) is 21.4. The molecule has 2 fully saturated rings. The molecule has 4 rings (SSSR count). The Balaban J connectivity index is 0.00000306. The minimum atomic E-state index is -0.462. The highest BCUT2D eigenvalue weighted by Gasteiger charge is 2.36. The number of carbonyl (C=O) groups is 2. The second kappa shape index (κ2) is 11.8. The van der Waals surface area contributed by atoms with Crippen LogP contribution < -0.4 is 5.32 Å². The first-order valence-electron chi connectivity index (χ1n) is 11.9. The Kier molecular flexibility index (Phi) is 9.06. The SMILES string of the molecule is C.CO[C@@H]([C@@H]1CCCN1)[C@@H](C)C(=O)C[C@@H](Cc1c[nH]c2ccccc12)C(=O)N1CCCCO1. The Bertz CT molecular complexity index is 915. The number of hydrogen-bond donors (Lipinski definition) is 2. The van der Waals surface area contributed by atoms with Gasteiger partial charge in [0.25, 0.3) is 0 Å². The van der Waals surface area contributed by atoms with E-state index in [2.05, 4.69) is 16.4 Å². The van der Waals surface area contributed by atoms with E-state index in [-0.39, 0.29) is 43.6 Å². The standard InChI is InChI=1S/C25H35N3O4.CH4/c1-17(24(31-2)22-10-7-11-26-22)23(29)15-18(25(30)28-12-5-6-13-32-28)14-19-16-27-21-9-4-3-8-20(19)21;/h3-4,8-9,16-18,22,24,26-27H,5-7,10-15H2,1-2H3;1H4/t17-,18+,22-,24+;/m0./s1. The molecule has 2 aliphatic rings. The number of amides is 1. The first-order chi connectivity index (χ1) is 15.6. The zero-order valence-corrected chi connectivity index (χ0v) is 19.1. The summed E-state index contributed by atoms with van der Waals surface area (Å²) in [6.45, 7) is 4.02. The van der Waals surface area contributed by atoms with Crippen molar-refractivity contribution in [2.45, 2.75) is 65.0 Å². The van der Waals surface area contributed by atoms with Gasteiger partial charge in [0.2, 0.25) is 5.91 Å². The molecule has 3 heterocycles. The molecular formula is C26H39N3O4. The van der Waals surface area contributed by atoms with Gasteiger partial charge < -0.3 is 15.0 Å². The van der Waals surface area contributed by atoms with E-state index < -0.39 is 5.92 Å². The Morgan fingerprint density at radius 2 is 2.06 bits per heavy atom. The van der Waals surface area contributed by atoms with Gasteiger partial charge in [-0.25, -0.2) is 5.06 Å². The predicted molar refractivity (Wildman–Crippen MR) is 130 cm³/mol. The van der Waals surface area contributed by atoms with E-state index >= 15 is 0 Å². The number of Topliss-reactive ketones (excluding diaryl/α,β-unsaturated/α-hetero) is 1. The number of ether oxygens (including phenoxy) is 1. The van der Waals surface area contributed by atoms with Crippen LogP contribution in [-0.4, -0.2) is 60.7 Å². The van der Waals surface area contributed by atoms with Gasteiger partial charge in [0.1, 0.15) is 5.78 Å². The highest BCUT2D eigenvalue weighted by atomic mass is 16.7. The summed E-state index contributed by atoms with van der Waals surface area (Å²) in [5.74, 6) is -0.767. The van der Waals surface area contributed by atoms with Crippen LogP contribution in [0.1, 0.15) is 52.0 Å². The second-order valence-corrected chi connectivity index (χ2v) is 9.10. The number of hydrogen-bond acceptors (Lipinski definition) is 5. The lowest BCUT2D eigenvalue weighted by atomic mass is 9.85. The van der Waals surface area contributed by atoms with Gasteiger partial charge >= 0.3 is 0 Å². The number of ketones is 1. The molecule has 182 valence electrons. The number of hydroxylamine groups is 2. The topological polar surface area (TPSA) is 83.7 Å². The molecule has 1 aromatic heterocycles. The van der Waals surface area contributed by atoms with E-state index in [1.807, 2.05) is 31.3 Å². The quantitative estimate of drug-likeness (QED) is 0.597. The van der Waals surface area contributed by atoms with Crippen molar-refractivity contribution in [3.63, 3.8) is 0 Å². The average Bonchev–Trinajstić information content (AvgIpc) is 3.50. The van der Waals surface area contributed by atoms with Crippen LogP contribution in [0.4, 0.5) is 0 Å². The van der Waals surface area contributed by atoms with Gasteiger partial charge in [-0.15, -0.1) is 0 Å². The summed E-state index contributed by atoms with van der Waals surface area (Å²) in [4.78, 5) is 35.7. The molecule has 4 atom stereocenters. The number of para-hydroxylation sites is 1. The van der Waals surface area contributed by atoms with Crippen molar-refractivity contribution in [1.82, 2.24) is 15.4 Å². The summed E-state index contributed by atoms with van der Waals surface area (Å²) in [6, 6.07) is 8.24. The summed E-state index contributed by atoms with van der Waals surface area (Å²) >= 11 is 0. The number of nitrogens with zero attached hydrogens (tertiary/aromatic N) is 1. The highest BCUT2D eigenvalue weighted by Crippen LogP contribution is 2.27. The first kappa shape index (κ1) is 25.4. The van der Waals surface area contributed by atoms with Crippen molar-refractivity contribution >= 4 is 22.6 Å². The van der Waals surface area contributed by atoms with Crippen molar-refractivity contribution in [1.29, 1.82) is 0 Å². The summed E-state index contributed by atoms with van der Waals surface area (Å²) in [5, 5.41) is 6.02. The van der Waals surface area contributed by atoms with Crippen molar-refractivity contribution < 1.29 is 19.2 Å². The third-order valence-electron chi connectivity index (χ3n) is 6.95. The lowest BCUT2D eigenvalue weighted by Crippen LogP contribution is -2.45. The van der Waals surface area contributed by atoms with Crippen LogP contribution in [-0.2, 0) is 25.6 Å². The number of fused-ring (bicyclic) bond motifs is 1. The fourth-order valence-electron chi connectivity index (χ4n) is 5.11. The molecule has 0 bridgehead atoms. The number of rotatable bonds is 9. The number of aromatic amines is 1. The van der Waals surface area contributed by atoms with Crippen LogP contribution in [0.5, 0.6) is 0 Å². The summed E-state index contributed by atoms with van der Waals surface area (Å²) in [5.41, 5.74) is 2.09. The van der Waals surface area contributed by atoms with E-state index in [4.69, 9.17) is 9.57 Å². The molecule has 33 heavy (non-hydrogen) atoms. The average molecular weight is 458 g/mol. The molecule has 7 heteroatoms. The van der Waals surface area contributed by atoms with E-state index in [1.165, 1.54) is 5.06 Å². The van der Waals surface area contributed by atoms with Crippen LogP contribution in [0.15, 0.2) is 30.5 Å². The largest absolute Gasteiger partial charge is 0.379 e. The van der Waals surface area contributed by atoms with Crippen molar-refractivity contribution in [3.8, 4) is 0 Å². The fourth-order valence-corrected chi connectivity index (χ4v) is 5.11. The molecule has 2 saturated heterocycles. The van der Waals surface area contributed by atoms with Crippen LogP contribution in [0.25, 0.3) is 10.9 Å². The summed E-state index contributed by atoms with van der Waals surface area (Å²) in [6.07, 6.45) is 6.45. The molecule has 0 radical (unpaired) electrons. The smallest absolute Gasteiger partial charge is 0.250 e. The van der Waals surface area contributed by atoms with Crippen LogP contribution in [0.3, 0.4) is 0 Å². The first-order valence-corrected chi connectivity index (χ1v) is 11.9. The molecule has 0 unspecified atom stereocenters. The van der Waals surface area contributed by atoms with Crippen molar-refractivity contribution in [2.75, 3.05) is 26.8 Å². The molecule has 1 aromatic carbocycles. The van der Waals surface area contributed by atoms with Crippen molar-refractivity contribution in [2.24, 2.45) is 11.8 Å². The number of methoxy groups -OCH3 is 1. The van der Waals surface area contributed by atoms with Gasteiger partial charge in [-0.05, 0) is 50.3 Å². The third kappa shape index (κ3) is 5.83. The zero-order chi connectivity index (χ0) is 22.5. The zero-order valence-electron chi connectivity index (χ0n) is 19.1. The molecule has 2 N–H and O–H groups in total. The van der Waals surface area contributed by atoms with Gasteiger partial charge in [0.05, 0.1) is 18.6 Å². The molecule has 0 saturated carbocycles. The van der Waals surface area contributed by atoms with Gasteiger partial charge in [0, 0.05) is 49.1 Å². The lowest BCUT2D eigenvalue weighted by Gasteiger charge is -2.31. The number of nitrogens with one attached hydrogen (secondary N) is 2. The summed E-state index contributed by atoms with van der Waals surface area (Å²) < 4.78 is 5.73. The van der Waals surface area contributed by atoms with Crippen LogP contribution in [0, 0.1) is 11.8 Å². The van der Waals surface area contributed by atoms with Gasteiger partial charge in [0.15, 0.2) is 0 Å². The summed E-state index contributed by atoms with van der Waals surface area (Å²) in [7, 11) is 1.67. The van der Waals surface area contributed by atoms with Gasteiger partial charge in [-0.2, -0.15) is 0 Å². The highest BCUT2D eigenvalue weighted by molar-refractivity contribution is 5.89. The van der Waals surface area contributed by atoms with E-state index in [1.54, 1.807) is 7.11 Å². The molecular weight excluding hydrogens is 418 g/mol. The number of benzene rings is 1. The maximum absolute atomic E-state index is 13.4. The maximum Gasteiger partial charge on any atom is 0.250 e. The van der Waals surface area contributed by atoms with E-state index in [0.29, 0.717) is 19.6 Å². The van der Waals surface area contributed by atoms with Crippen molar-refractivity contribution in [3.05, 3.63) is 36.0 Å². The predicted octanol–water partition coefficient (Wildman–Crippen LogP) is 3.88. The minimum absolute atomic E-state index is 0. The monoisotopic (exact) mass is 457 g/mol. The molecule has 0 aliphatic carbocycles. The van der Waals surface area contributed by atoms with E-state index in [0.717, 1.165) is 48.7 Å². The van der Waals surface area contributed by atoms with E-state index in [9.17, 15) is 9.59 Å². The Morgan fingerprint density at radius 3 is 2.76 bits per heavy atom. The number of H-pyrrole nitrogens is 1. The van der Waals surface area contributed by atoms with Gasteiger partial charge in [-0.3, -0.25) is 14.4 Å². The number of carbonyl (C=O) groups excluding carboxylic acids is 2.